The van der Waals surface area contributed by atoms with Crippen LogP contribution in [0.4, 0.5) is 5.13 Å². The highest BCUT2D eigenvalue weighted by Crippen LogP contribution is 2.32. The molecule has 0 aliphatic rings. The Morgan fingerprint density at radius 2 is 2.16 bits per heavy atom. The fourth-order valence-electron chi connectivity index (χ4n) is 2.05. The van der Waals surface area contributed by atoms with Crippen molar-refractivity contribution in [3.63, 3.8) is 0 Å². The third-order valence-electron chi connectivity index (χ3n) is 3.35. The minimum absolute atomic E-state index is 0.0577. The molecule has 1 N–H and O–H groups in total. The van der Waals surface area contributed by atoms with Crippen molar-refractivity contribution in [2.24, 2.45) is 0 Å². The lowest BCUT2D eigenvalue weighted by atomic mass is 10.0. The Hall–Kier alpha value is -1.12. The number of hydrogen-bond donors (Lipinski definition) is 1. The normalized spacial score (nSPS) is 11.0. The molecular formula is C17H22BrN3O2S2. The van der Waals surface area contributed by atoms with Gasteiger partial charge < -0.3 is 4.74 Å². The summed E-state index contributed by atoms with van der Waals surface area (Å²) in [7, 11) is 0. The number of aryl methyl sites for hydroxylation is 1. The molecule has 0 saturated carbocycles. The van der Waals surface area contributed by atoms with Crippen molar-refractivity contribution in [3.05, 3.63) is 27.7 Å². The van der Waals surface area contributed by atoms with Crippen LogP contribution in [-0.2, 0) is 4.79 Å². The van der Waals surface area contributed by atoms with Gasteiger partial charge in [0.2, 0.25) is 5.13 Å². The highest BCUT2D eigenvalue weighted by Gasteiger charge is 2.14. The van der Waals surface area contributed by atoms with Gasteiger partial charge in [-0.1, -0.05) is 59.8 Å². The van der Waals surface area contributed by atoms with Crippen molar-refractivity contribution in [1.29, 1.82) is 0 Å². The second-order valence-corrected chi connectivity index (χ2v) is 9.03. The van der Waals surface area contributed by atoms with E-state index in [0.29, 0.717) is 11.0 Å². The fourth-order valence-corrected chi connectivity index (χ4v) is 4.11. The number of hydrogen-bond acceptors (Lipinski definition) is 6. The van der Waals surface area contributed by atoms with Gasteiger partial charge in [0.1, 0.15) is 5.75 Å². The standard InChI is InChI=1S/C17H22BrN3O2S2/c1-5-6-24-17-21-20-16(25-17)19-15(22)9-23-14-7-11(4)13(18)8-12(14)10(2)3/h7-8,10H,5-6,9H2,1-4H3,(H,19,20,22). The van der Waals surface area contributed by atoms with Gasteiger partial charge in [0.15, 0.2) is 10.9 Å². The molecule has 25 heavy (non-hydrogen) atoms. The number of anilines is 1. The van der Waals surface area contributed by atoms with Gasteiger partial charge in [-0.3, -0.25) is 10.1 Å². The van der Waals surface area contributed by atoms with Crippen LogP contribution in [0.1, 0.15) is 44.2 Å². The Morgan fingerprint density at radius 1 is 1.40 bits per heavy atom. The number of nitrogens with one attached hydrogen (secondary N) is 1. The number of carbonyl (C=O) groups excluding carboxylic acids is 1. The summed E-state index contributed by atoms with van der Waals surface area (Å²) in [5.41, 5.74) is 2.14. The van der Waals surface area contributed by atoms with Gasteiger partial charge in [0, 0.05) is 10.2 Å². The number of benzene rings is 1. The summed E-state index contributed by atoms with van der Waals surface area (Å²) < 4.78 is 7.66. The SMILES string of the molecule is CCCSc1nnc(NC(=O)COc2cc(C)c(Br)cc2C(C)C)s1. The van der Waals surface area contributed by atoms with Crippen LogP contribution >= 0.6 is 39.0 Å². The maximum absolute atomic E-state index is 12.1. The summed E-state index contributed by atoms with van der Waals surface area (Å²) >= 11 is 6.57. The molecule has 0 atom stereocenters. The number of nitrogens with zero attached hydrogens (tertiary/aromatic N) is 2. The first kappa shape index (κ1) is 20.2. The second-order valence-electron chi connectivity index (χ2n) is 5.85. The van der Waals surface area contributed by atoms with E-state index in [1.165, 1.54) is 11.3 Å². The fraction of sp³-hybridized carbons (Fsp3) is 0.471. The average Bonchev–Trinajstić information content (AvgIpc) is 3.00. The molecule has 2 rings (SSSR count). The number of ether oxygens (including phenoxy) is 1. The first-order valence-corrected chi connectivity index (χ1v) is 10.7. The molecule has 8 heteroatoms. The maximum atomic E-state index is 12.1. The van der Waals surface area contributed by atoms with E-state index < -0.39 is 0 Å². The molecule has 1 amide bonds. The molecule has 0 aliphatic heterocycles. The van der Waals surface area contributed by atoms with Crippen molar-refractivity contribution in [3.8, 4) is 5.75 Å². The summed E-state index contributed by atoms with van der Waals surface area (Å²) in [4.78, 5) is 12.1. The van der Waals surface area contributed by atoms with Crippen molar-refractivity contribution in [2.45, 2.75) is 44.4 Å². The highest BCUT2D eigenvalue weighted by atomic mass is 79.9. The molecule has 1 heterocycles. The van der Waals surface area contributed by atoms with Gasteiger partial charge in [-0.25, -0.2) is 0 Å². The van der Waals surface area contributed by atoms with E-state index in [0.717, 1.165) is 37.9 Å². The number of rotatable bonds is 8. The summed E-state index contributed by atoms with van der Waals surface area (Å²) in [6, 6.07) is 4.01. The van der Waals surface area contributed by atoms with E-state index in [1.54, 1.807) is 11.8 Å². The molecule has 0 spiro atoms. The zero-order chi connectivity index (χ0) is 18.4. The smallest absolute Gasteiger partial charge is 0.264 e. The van der Waals surface area contributed by atoms with Crippen molar-refractivity contribution in [1.82, 2.24) is 10.2 Å². The van der Waals surface area contributed by atoms with E-state index in [-0.39, 0.29) is 12.5 Å². The van der Waals surface area contributed by atoms with Gasteiger partial charge in [0.05, 0.1) is 0 Å². The molecule has 0 saturated heterocycles. The minimum atomic E-state index is -0.238. The largest absolute Gasteiger partial charge is 0.483 e. The summed E-state index contributed by atoms with van der Waals surface area (Å²) in [6.45, 7) is 8.25. The zero-order valence-electron chi connectivity index (χ0n) is 14.8. The van der Waals surface area contributed by atoms with E-state index in [9.17, 15) is 4.79 Å². The Labute approximate surface area is 165 Å². The van der Waals surface area contributed by atoms with Gasteiger partial charge >= 0.3 is 0 Å². The van der Waals surface area contributed by atoms with Crippen LogP contribution in [0.25, 0.3) is 0 Å². The first-order chi connectivity index (χ1) is 11.9. The van der Waals surface area contributed by atoms with E-state index in [2.05, 4.69) is 58.3 Å². The quantitative estimate of drug-likeness (QED) is 0.445. The molecule has 1 aromatic heterocycles. The van der Waals surface area contributed by atoms with Crippen LogP contribution in [0.5, 0.6) is 5.75 Å². The Kier molecular flexibility index (Phi) is 7.71. The van der Waals surface area contributed by atoms with E-state index >= 15 is 0 Å². The number of thioether (sulfide) groups is 1. The van der Waals surface area contributed by atoms with E-state index in [4.69, 9.17) is 4.74 Å². The lowest BCUT2D eigenvalue weighted by molar-refractivity contribution is -0.118. The average molecular weight is 444 g/mol. The lowest BCUT2D eigenvalue weighted by Gasteiger charge is -2.15. The molecule has 0 fully saturated rings. The van der Waals surface area contributed by atoms with Gasteiger partial charge in [-0.2, -0.15) is 0 Å². The van der Waals surface area contributed by atoms with Gasteiger partial charge in [0.25, 0.3) is 5.91 Å². The lowest BCUT2D eigenvalue weighted by Crippen LogP contribution is -2.20. The van der Waals surface area contributed by atoms with Crippen LogP contribution in [0.15, 0.2) is 20.9 Å². The molecule has 2 aromatic rings. The summed E-state index contributed by atoms with van der Waals surface area (Å²) in [5, 5.41) is 11.3. The topological polar surface area (TPSA) is 64.1 Å². The van der Waals surface area contributed by atoms with Crippen LogP contribution in [0.2, 0.25) is 0 Å². The molecular weight excluding hydrogens is 422 g/mol. The highest BCUT2D eigenvalue weighted by molar-refractivity contribution is 9.10. The van der Waals surface area contributed by atoms with Crippen molar-refractivity contribution >= 4 is 50.1 Å². The number of amides is 1. The molecule has 136 valence electrons. The van der Waals surface area contributed by atoms with Crippen LogP contribution in [0, 0.1) is 6.92 Å². The minimum Gasteiger partial charge on any atom is -0.483 e. The maximum Gasteiger partial charge on any atom is 0.264 e. The van der Waals surface area contributed by atoms with Crippen molar-refractivity contribution in [2.75, 3.05) is 17.7 Å². The monoisotopic (exact) mass is 443 g/mol. The predicted octanol–water partition coefficient (Wildman–Crippen LogP) is 5.25. The number of halogens is 1. The van der Waals surface area contributed by atoms with E-state index in [1.807, 2.05) is 13.0 Å². The predicted molar refractivity (Wildman–Crippen MR) is 108 cm³/mol. The van der Waals surface area contributed by atoms with Crippen LogP contribution < -0.4 is 10.1 Å². The third-order valence-corrected chi connectivity index (χ3v) is 6.39. The molecule has 0 aliphatic carbocycles. The summed E-state index contributed by atoms with van der Waals surface area (Å²) in [6.07, 6.45) is 1.07. The number of aromatic nitrogens is 2. The Balaban J connectivity index is 1.96. The first-order valence-electron chi connectivity index (χ1n) is 8.09. The number of carbonyl (C=O) groups is 1. The summed E-state index contributed by atoms with van der Waals surface area (Å²) in [5.74, 6) is 1.80. The van der Waals surface area contributed by atoms with Gasteiger partial charge in [-0.05, 0) is 42.5 Å². The second kappa shape index (κ2) is 9.54. The molecule has 1 aromatic carbocycles. The molecule has 5 nitrogen and oxygen atoms in total. The van der Waals surface area contributed by atoms with Gasteiger partial charge in [-0.15, -0.1) is 10.2 Å². The Morgan fingerprint density at radius 3 is 2.84 bits per heavy atom. The molecule has 0 unspecified atom stereocenters. The third kappa shape index (κ3) is 5.97. The zero-order valence-corrected chi connectivity index (χ0v) is 18.0. The molecule has 0 radical (unpaired) electrons. The van der Waals surface area contributed by atoms with Crippen LogP contribution in [-0.4, -0.2) is 28.5 Å². The van der Waals surface area contributed by atoms with Crippen molar-refractivity contribution < 1.29 is 9.53 Å². The van der Waals surface area contributed by atoms with Crippen LogP contribution in [0.3, 0.4) is 0 Å². The Bertz CT molecular complexity index is 735. The molecule has 0 bridgehead atoms.